The SMILES string of the molecule is CCCCCN1C=C(N)N=C(N)N1. The van der Waals surface area contributed by atoms with Crippen molar-refractivity contribution in [1.82, 2.24) is 10.4 Å². The molecule has 0 aliphatic carbocycles. The number of hydrogen-bond acceptors (Lipinski definition) is 5. The number of nitrogens with two attached hydrogens (primary N) is 2. The maximum Gasteiger partial charge on any atom is 0.214 e. The van der Waals surface area contributed by atoms with Crippen LogP contribution in [0.15, 0.2) is 17.0 Å². The summed E-state index contributed by atoms with van der Waals surface area (Å²) >= 11 is 0. The van der Waals surface area contributed by atoms with Crippen LogP contribution in [0.4, 0.5) is 0 Å². The first kappa shape index (κ1) is 9.70. The van der Waals surface area contributed by atoms with Crippen molar-refractivity contribution in [3.8, 4) is 0 Å². The number of nitrogens with zero attached hydrogens (tertiary/aromatic N) is 2. The third-order valence-electron chi connectivity index (χ3n) is 1.80. The van der Waals surface area contributed by atoms with Crippen LogP contribution in [0.3, 0.4) is 0 Å². The first-order valence-electron chi connectivity index (χ1n) is 4.57. The standard InChI is InChI=1S/C8H17N5/c1-2-3-4-5-13-6-7(9)11-8(10)12-13/h6H,2-5,9H2,1H3,(H3,10,11,12). The normalized spacial score (nSPS) is 16.2. The van der Waals surface area contributed by atoms with E-state index in [1.807, 2.05) is 5.01 Å². The van der Waals surface area contributed by atoms with Gasteiger partial charge in [-0.3, -0.25) is 10.4 Å². The smallest absolute Gasteiger partial charge is 0.214 e. The number of guanidine groups is 1. The van der Waals surface area contributed by atoms with Crippen molar-refractivity contribution in [1.29, 1.82) is 0 Å². The van der Waals surface area contributed by atoms with Crippen LogP contribution in [0.2, 0.25) is 0 Å². The molecule has 0 aromatic carbocycles. The lowest BCUT2D eigenvalue weighted by Crippen LogP contribution is -2.46. The van der Waals surface area contributed by atoms with E-state index in [9.17, 15) is 0 Å². The van der Waals surface area contributed by atoms with Gasteiger partial charge in [0.25, 0.3) is 0 Å². The summed E-state index contributed by atoms with van der Waals surface area (Å²) in [7, 11) is 0. The fourth-order valence-electron chi connectivity index (χ4n) is 1.18. The third-order valence-corrected chi connectivity index (χ3v) is 1.80. The van der Waals surface area contributed by atoms with Crippen LogP contribution in [0.1, 0.15) is 26.2 Å². The van der Waals surface area contributed by atoms with E-state index in [-0.39, 0.29) is 0 Å². The zero-order valence-corrected chi connectivity index (χ0v) is 7.95. The lowest BCUT2D eigenvalue weighted by Gasteiger charge is -2.24. The molecular weight excluding hydrogens is 166 g/mol. The number of rotatable bonds is 4. The fraction of sp³-hybridized carbons (Fsp3) is 0.625. The van der Waals surface area contributed by atoms with E-state index >= 15 is 0 Å². The van der Waals surface area contributed by atoms with E-state index in [1.54, 1.807) is 6.20 Å². The molecular formula is C8H17N5. The van der Waals surface area contributed by atoms with Gasteiger partial charge < -0.3 is 11.5 Å². The minimum absolute atomic E-state index is 0.358. The van der Waals surface area contributed by atoms with Gasteiger partial charge in [-0.15, -0.1) is 0 Å². The summed E-state index contributed by atoms with van der Waals surface area (Å²) in [6, 6.07) is 0. The van der Waals surface area contributed by atoms with Crippen LogP contribution < -0.4 is 16.9 Å². The highest BCUT2D eigenvalue weighted by molar-refractivity contribution is 5.79. The summed E-state index contributed by atoms with van der Waals surface area (Å²) in [4.78, 5) is 3.84. The quantitative estimate of drug-likeness (QED) is 0.539. The Bertz CT molecular complexity index is 221. The second-order valence-electron chi connectivity index (χ2n) is 3.06. The van der Waals surface area contributed by atoms with Crippen molar-refractivity contribution in [2.45, 2.75) is 26.2 Å². The van der Waals surface area contributed by atoms with Crippen molar-refractivity contribution in [2.24, 2.45) is 16.5 Å². The lowest BCUT2D eigenvalue weighted by molar-refractivity contribution is 0.314. The molecule has 0 aromatic rings. The van der Waals surface area contributed by atoms with Crippen LogP contribution >= 0.6 is 0 Å². The Hall–Kier alpha value is -1.39. The van der Waals surface area contributed by atoms with Crippen molar-refractivity contribution >= 4 is 5.96 Å². The first-order valence-corrected chi connectivity index (χ1v) is 4.57. The second-order valence-corrected chi connectivity index (χ2v) is 3.06. The predicted molar refractivity (Wildman–Crippen MR) is 53.3 cm³/mol. The van der Waals surface area contributed by atoms with Gasteiger partial charge in [0.05, 0.1) is 6.20 Å². The summed E-state index contributed by atoms with van der Waals surface area (Å²) in [5.74, 6) is 0.809. The summed E-state index contributed by atoms with van der Waals surface area (Å²) in [5, 5.41) is 1.87. The molecule has 0 amide bonds. The van der Waals surface area contributed by atoms with Gasteiger partial charge in [-0.05, 0) is 6.42 Å². The predicted octanol–water partition coefficient (Wildman–Crippen LogP) is 0.0691. The van der Waals surface area contributed by atoms with Gasteiger partial charge in [0.2, 0.25) is 5.96 Å². The van der Waals surface area contributed by atoms with Gasteiger partial charge in [-0.1, -0.05) is 19.8 Å². The number of hydrogen-bond donors (Lipinski definition) is 3. The minimum Gasteiger partial charge on any atom is -0.382 e. The number of nitrogens with one attached hydrogen (secondary N) is 1. The summed E-state index contributed by atoms with van der Waals surface area (Å²) in [5.41, 5.74) is 13.9. The Morgan fingerprint density at radius 3 is 2.85 bits per heavy atom. The van der Waals surface area contributed by atoms with Gasteiger partial charge in [0, 0.05) is 6.54 Å². The largest absolute Gasteiger partial charge is 0.382 e. The zero-order chi connectivity index (χ0) is 9.68. The van der Waals surface area contributed by atoms with E-state index in [0.29, 0.717) is 11.8 Å². The van der Waals surface area contributed by atoms with Crippen LogP contribution in [0.25, 0.3) is 0 Å². The molecule has 0 unspecified atom stereocenters. The fourth-order valence-corrected chi connectivity index (χ4v) is 1.18. The summed E-state index contributed by atoms with van der Waals surface area (Å²) in [6.07, 6.45) is 5.30. The van der Waals surface area contributed by atoms with Gasteiger partial charge in [0.1, 0.15) is 5.82 Å². The van der Waals surface area contributed by atoms with Gasteiger partial charge in [-0.25, -0.2) is 0 Å². The van der Waals surface area contributed by atoms with Crippen molar-refractivity contribution in [3.63, 3.8) is 0 Å². The Morgan fingerprint density at radius 2 is 2.23 bits per heavy atom. The topological polar surface area (TPSA) is 79.7 Å². The highest BCUT2D eigenvalue weighted by Crippen LogP contribution is 2.01. The molecule has 1 aliphatic heterocycles. The zero-order valence-electron chi connectivity index (χ0n) is 7.95. The van der Waals surface area contributed by atoms with Crippen LogP contribution in [-0.4, -0.2) is 17.5 Å². The van der Waals surface area contributed by atoms with E-state index in [4.69, 9.17) is 11.5 Å². The Balaban J connectivity index is 2.33. The third kappa shape index (κ3) is 3.23. The first-order chi connectivity index (χ1) is 6.22. The molecule has 0 fully saturated rings. The maximum atomic E-state index is 5.53. The lowest BCUT2D eigenvalue weighted by atomic mass is 10.2. The van der Waals surface area contributed by atoms with Gasteiger partial charge in [0.15, 0.2) is 0 Å². The summed E-state index contributed by atoms with van der Waals surface area (Å²) in [6.45, 7) is 3.08. The summed E-state index contributed by atoms with van der Waals surface area (Å²) < 4.78 is 0. The Kier molecular flexibility index (Phi) is 3.42. The second kappa shape index (κ2) is 4.59. The molecule has 74 valence electrons. The number of unbranched alkanes of at least 4 members (excludes halogenated alkanes) is 2. The number of aliphatic imine (C=N–C) groups is 1. The molecule has 1 aliphatic rings. The van der Waals surface area contributed by atoms with Gasteiger partial charge in [-0.2, -0.15) is 4.99 Å². The highest BCUT2D eigenvalue weighted by Gasteiger charge is 2.06. The molecule has 5 N–H and O–H groups in total. The molecule has 1 rings (SSSR count). The minimum atomic E-state index is 0.358. The molecule has 5 nitrogen and oxygen atoms in total. The van der Waals surface area contributed by atoms with Crippen LogP contribution in [0.5, 0.6) is 0 Å². The van der Waals surface area contributed by atoms with Crippen molar-refractivity contribution in [3.05, 3.63) is 12.0 Å². The number of hydrazine groups is 1. The molecule has 1 heterocycles. The highest BCUT2D eigenvalue weighted by atomic mass is 15.5. The Labute approximate surface area is 78.5 Å². The van der Waals surface area contributed by atoms with E-state index in [1.165, 1.54) is 12.8 Å². The van der Waals surface area contributed by atoms with E-state index in [0.717, 1.165) is 13.0 Å². The molecule has 0 saturated carbocycles. The van der Waals surface area contributed by atoms with Gasteiger partial charge >= 0.3 is 0 Å². The van der Waals surface area contributed by atoms with E-state index in [2.05, 4.69) is 17.3 Å². The van der Waals surface area contributed by atoms with E-state index < -0.39 is 0 Å². The molecule has 5 heteroatoms. The van der Waals surface area contributed by atoms with Crippen molar-refractivity contribution < 1.29 is 0 Å². The van der Waals surface area contributed by atoms with Crippen LogP contribution in [0, 0.1) is 0 Å². The molecule has 0 spiro atoms. The average Bonchev–Trinajstić information content (AvgIpc) is 2.03. The monoisotopic (exact) mass is 183 g/mol. The molecule has 0 aromatic heterocycles. The van der Waals surface area contributed by atoms with Crippen LogP contribution in [-0.2, 0) is 0 Å². The average molecular weight is 183 g/mol. The Morgan fingerprint density at radius 1 is 1.46 bits per heavy atom. The maximum absolute atomic E-state index is 5.53. The molecule has 0 bridgehead atoms. The molecule has 13 heavy (non-hydrogen) atoms. The molecule has 0 atom stereocenters. The van der Waals surface area contributed by atoms with Crippen molar-refractivity contribution in [2.75, 3.05) is 6.54 Å². The molecule has 0 saturated heterocycles. The molecule has 0 radical (unpaired) electrons.